The lowest BCUT2D eigenvalue weighted by Gasteiger charge is -2.19. The van der Waals surface area contributed by atoms with E-state index in [0.29, 0.717) is 18.7 Å². The fraction of sp³-hybridized carbons (Fsp3) is 0.667. The summed E-state index contributed by atoms with van der Waals surface area (Å²) in [6.07, 6.45) is 3.56. The summed E-state index contributed by atoms with van der Waals surface area (Å²) in [5.74, 6) is -1.44. The number of carboxylic acid groups (broad SMARTS) is 1. The first-order valence-corrected chi connectivity index (χ1v) is 6.37. The lowest BCUT2D eigenvalue weighted by Crippen LogP contribution is -2.37. The Balaban J connectivity index is 2.01. The molecule has 104 valence electrons. The van der Waals surface area contributed by atoms with E-state index in [1.165, 1.54) is 0 Å². The number of nitrogens with one attached hydrogen (secondary N) is 1. The molecule has 0 radical (unpaired) electrons. The van der Waals surface area contributed by atoms with E-state index >= 15 is 0 Å². The molecule has 1 saturated carbocycles. The number of aromatic nitrogens is 3. The van der Waals surface area contributed by atoms with Crippen LogP contribution in [-0.2, 0) is 16.6 Å². The maximum Gasteiger partial charge on any atom is 0.307 e. The summed E-state index contributed by atoms with van der Waals surface area (Å²) in [5.41, 5.74) is 0. The van der Waals surface area contributed by atoms with E-state index < -0.39 is 17.8 Å². The maximum absolute atomic E-state index is 12.1. The van der Waals surface area contributed by atoms with Gasteiger partial charge in [0.05, 0.1) is 17.9 Å². The van der Waals surface area contributed by atoms with Gasteiger partial charge in [-0.3, -0.25) is 9.59 Å². The van der Waals surface area contributed by atoms with Crippen LogP contribution in [0.3, 0.4) is 0 Å². The molecule has 0 bridgehead atoms. The number of amides is 1. The highest BCUT2D eigenvalue weighted by atomic mass is 16.4. The number of hydrogen-bond donors (Lipinski definition) is 2. The van der Waals surface area contributed by atoms with Crippen LogP contribution in [0.5, 0.6) is 0 Å². The summed E-state index contributed by atoms with van der Waals surface area (Å²) in [4.78, 5) is 23.2. The van der Waals surface area contributed by atoms with Crippen LogP contribution in [0.4, 0.5) is 0 Å². The highest BCUT2D eigenvalue weighted by Crippen LogP contribution is 2.32. The second-order valence-electron chi connectivity index (χ2n) is 5.01. The first-order valence-electron chi connectivity index (χ1n) is 6.37. The lowest BCUT2D eigenvalue weighted by molar-refractivity contribution is -0.146. The highest BCUT2D eigenvalue weighted by Gasteiger charge is 2.38. The maximum atomic E-state index is 12.1. The van der Waals surface area contributed by atoms with E-state index in [-0.39, 0.29) is 11.9 Å². The van der Waals surface area contributed by atoms with E-state index in [4.69, 9.17) is 5.11 Å². The van der Waals surface area contributed by atoms with Crippen molar-refractivity contribution in [3.05, 3.63) is 12.2 Å². The summed E-state index contributed by atoms with van der Waals surface area (Å²) in [6.45, 7) is 1.81. The third kappa shape index (κ3) is 2.74. The molecule has 3 unspecified atom stereocenters. The fourth-order valence-electron chi connectivity index (χ4n) is 2.64. The van der Waals surface area contributed by atoms with Crippen LogP contribution in [-0.4, -0.2) is 31.7 Å². The van der Waals surface area contributed by atoms with Gasteiger partial charge >= 0.3 is 5.97 Å². The van der Waals surface area contributed by atoms with Gasteiger partial charge in [-0.05, 0) is 19.8 Å². The van der Waals surface area contributed by atoms with Crippen LogP contribution in [0, 0.1) is 11.8 Å². The molecule has 1 aliphatic carbocycles. The number of carbonyl (C=O) groups is 2. The normalized spacial score (nSPS) is 24.1. The number of hydrogen-bond acceptors (Lipinski definition) is 4. The van der Waals surface area contributed by atoms with Crippen molar-refractivity contribution in [2.45, 2.75) is 32.2 Å². The number of nitrogens with zero attached hydrogens (tertiary/aromatic N) is 3. The lowest BCUT2D eigenvalue weighted by atomic mass is 9.95. The van der Waals surface area contributed by atoms with Gasteiger partial charge in [-0.2, -0.15) is 0 Å². The van der Waals surface area contributed by atoms with Crippen LogP contribution in [0.2, 0.25) is 0 Å². The van der Waals surface area contributed by atoms with Gasteiger partial charge in [-0.15, -0.1) is 10.2 Å². The average Bonchev–Trinajstić information content (AvgIpc) is 2.96. The van der Waals surface area contributed by atoms with Crippen molar-refractivity contribution in [3.8, 4) is 0 Å². The summed E-state index contributed by atoms with van der Waals surface area (Å²) < 4.78 is 1.73. The van der Waals surface area contributed by atoms with Crippen molar-refractivity contribution < 1.29 is 14.7 Å². The molecule has 0 aliphatic heterocycles. The van der Waals surface area contributed by atoms with Crippen molar-refractivity contribution in [2.24, 2.45) is 18.9 Å². The fourth-order valence-corrected chi connectivity index (χ4v) is 2.64. The first-order chi connectivity index (χ1) is 9.00. The Kier molecular flexibility index (Phi) is 3.82. The van der Waals surface area contributed by atoms with Crippen molar-refractivity contribution >= 4 is 11.9 Å². The van der Waals surface area contributed by atoms with Gasteiger partial charge in [-0.25, -0.2) is 0 Å². The topological polar surface area (TPSA) is 97.1 Å². The monoisotopic (exact) mass is 266 g/mol. The van der Waals surface area contributed by atoms with E-state index in [1.807, 2.05) is 6.92 Å². The minimum Gasteiger partial charge on any atom is -0.481 e. The van der Waals surface area contributed by atoms with Crippen molar-refractivity contribution in [1.29, 1.82) is 0 Å². The second-order valence-corrected chi connectivity index (χ2v) is 5.01. The molecule has 1 amide bonds. The molecule has 1 aliphatic rings. The van der Waals surface area contributed by atoms with Gasteiger partial charge in [0.15, 0.2) is 5.82 Å². The molecule has 1 aromatic heterocycles. The smallest absolute Gasteiger partial charge is 0.307 e. The van der Waals surface area contributed by atoms with Crippen LogP contribution >= 0.6 is 0 Å². The Morgan fingerprint density at radius 1 is 1.47 bits per heavy atom. The summed E-state index contributed by atoms with van der Waals surface area (Å²) >= 11 is 0. The van der Waals surface area contributed by atoms with E-state index in [0.717, 1.165) is 6.42 Å². The van der Waals surface area contributed by atoms with Gasteiger partial charge in [0.25, 0.3) is 0 Å². The van der Waals surface area contributed by atoms with Crippen LogP contribution < -0.4 is 5.32 Å². The van der Waals surface area contributed by atoms with Crippen LogP contribution in [0.15, 0.2) is 6.33 Å². The van der Waals surface area contributed by atoms with Crippen LogP contribution in [0.25, 0.3) is 0 Å². The molecule has 7 heteroatoms. The number of aryl methyl sites for hydroxylation is 1. The molecule has 3 atom stereocenters. The Bertz CT molecular complexity index is 485. The molecule has 7 nitrogen and oxygen atoms in total. The predicted octanol–water partition coefficient (Wildman–Crippen LogP) is 0.493. The molecule has 0 aromatic carbocycles. The Hall–Kier alpha value is -1.92. The molecule has 2 N–H and O–H groups in total. The number of carbonyl (C=O) groups excluding carboxylic acids is 1. The van der Waals surface area contributed by atoms with Gasteiger partial charge in [0, 0.05) is 7.05 Å². The van der Waals surface area contributed by atoms with Crippen molar-refractivity contribution in [2.75, 3.05) is 0 Å². The summed E-state index contributed by atoms with van der Waals surface area (Å²) in [6, 6.07) is -0.282. The zero-order chi connectivity index (χ0) is 14.0. The third-order valence-electron chi connectivity index (χ3n) is 3.66. The Morgan fingerprint density at radius 3 is 2.74 bits per heavy atom. The third-order valence-corrected chi connectivity index (χ3v) is 3.66. The zero-order valence-corrected chi connectivity index (χ0v) is 11.0. The average molecular weight is 266 g/mol. The highest BCUT2D eigenvalue weighted by molar-refractivity contribution is 5.85. The predicted molar refractivity (Wildman–Crippen MR) is 66.0 cm³/mol. The number of carboxylic acids is 1. The summed E-state index contributed by atoms with van der Waals surface area (Å²) in [7, 11) is 1.80. The molecule has 1 fully saturated rings. The minimum absolute atomic E-state index is 0.208. The minimum atomic E-state index is -0.885. The largest absolute Gasteiger partial charge is 0.481 e. The van der Waals surface area contributed by atoms with E-state index in [9.17, 15) is 9.59 Å². The van der Waals surface area contributed by atoms with Gasteiger partial charge in [-0.1, -0.05) is 6.42 Å². The molecular formula is C12H18N4O3. The molecule has 1 heterocycles. The summed E-state index contributed by atoms with van der Waals surface area (Å²) in [5, 5.41) is 19.6. The molecule has 0 spiro atoms. The molecule has 0 saturated heterocycles. The van der Waals surface area contributed by atoms with Crippen molar-refractivity contribution in [1.82, 2.24) is 20.1 Å². The Labute approximate surface area is 111 Å². The van der Waals surface area contributed by atoms with Crippen LogP contribution in [0.1, 0.15) is 38.1 Å². The molecule has 2 rings (SSSR count). The first kappa shape index (κ1) is 13.5. The van der Waals surface area contributed by atoms with Gasteiger partial charge in [0.1, 0.15) is 6.33 Å². The van der Waals surface area contributed by atoms with Crippen molar-refractivity contribution in [3.63, 3.8) is 0 Å². The zero-order valence-electron chi connectivity index (χ0n) is 11.0. The van der Waals surface area contributed by atoms with Gasteiger partial charge in [0.2, 0.25) is 5.91 Å². The van der Waals surface area contributed by atoms with E-state index in [1.54, 1.807) is 17.9 Å². The molecular weight excluding hydrogens is 248 g/mol. The SMILES string of the molecule is CC(NC(=O)C1CCCC1C(=O)O)c1nncn1C. The van der Waals surface area contributed by atoms with Gasteiger partial charge < -0.3 is 15.0 Å². The second kappa shape index (κ2) is 5.38. The number of aliphatic carboxylic acids is 1. The Morgan fingerprint density at radius 2 is 2.16 bits per heavy atom. The molecule has 19 heavy (non-hydrogen) atoms. The number of rotatable bonds is 4. The van der Waals surface area contributed by atoms with E-state index in [2.05, 4.69) is 15.5 Å². The molecule has 1 aromatic rings. The standard InChI is InChI=1S/C12H18N4O3/c1-7(10-15-13-6-16(10)2)14-11(17)8-4-3-5-9(8)12(18)19/h6-9H,3-5H2,1-2H3,(H,14,17)(H,18,19). The quantitative estimate of drug-likeness (QED) is 0.826.